The maximum atomic E-state index is 14.7. The monoisotopic (exact) mass is 480 g/mol. The van der Waals surface area contributed by atoms with E-state index in [9.17, 15) is 22.7 Å². The van der Waals surface area contributed by atoms with Gasteiger partial charge in [0.1, 0.15) is 0 Å². The van der Waals surface area contributed by atoms with E-state index in [-0.39, 0.29) is 35.3 Å². The fourth-order valence-electron chi connectivity index (χ4n) is 4.07. The molecule has 0 aromatic heterocycles. The zero-order valence-electron chi connectivity index (χ0n) is 20.4. The van der Waals surface area contributed by atoms with Crippen molar-refractivity contribution in [1.29, 1.82) is 0 Å². The van der Waals surface area contributed by atoms with Crippen molar-refractivity contribution < 1.29 is 27.4 Å². The molecule has 0 saturated carbocycles. The maximum absolute atomic E-state index is 14.7. The summed E-state index contributed by atoms with van der Waals surface area (Å²) in [7, 11) is 0. The van der Waals surface area contributed by atoms with Crippen molar-refractivity contribution >= 4 is 5.57 Å². The molecule has 2 rings (SSSR count). The molecule has 0 bridgehead atoms. The van der Waals surface area contributed by atoms with Gasteiger partial charge in [-0.25, -0.2) is 13.2 Å². The van der Waals surface area contributed by atoms with E-state index in [0.29, 0.717) is 50.5 Å². The van der Waals surface area contributed by atoms with E-state index in [2.05, 4.69) is 13.2 Å². The van der Waals surface area contributed by atoms with E-state index in [4.69, 9.17) is 4.74 Å². The number of halogens is 4. The third-order valence-corrected chi connectivity index (χ3v) is 6.52. The molecule has 1 aromatic carbocycles. The summed E-state index contributed by atoms with van der Waals surface area (Å²) < 4.78 is 62.7. The highest BCUT2D eigenvalue weighted by Gasteiger charge is 2.21. The number of hydrogen-bond acceptors (Lipinski definition) is 2. The van der Waals surface area contributed by atoms with Gasteiger partial charge >= 0.3 is 0 Å². The number of benzene rings is 1. The Balaban J connectivity index is 1.91. The zero-order valence-corrected chi connectivity index (χ0v) is 20.4. The van der Waals surface area contributed by atoms with Crippen LogP contribution in [-0.4, -0.2) is 17.8 Å². The van der Waals surface area contributed by atoms with Crippen LogP contribution in [0.15, 0.2) is 54.4 Å². The van der Waals surface area contributed by atoms with E-state index in [1.165, 1.54) is 0 Å². The number of allylic oxidation sites excluding steroid dienone is 4. The van der Waals surface area contributed by atoms with Crippen molar-refractivity contribution in [1.82, 2.24) is 0 Å². The van der Waals surface area contributed by atoms with Crippen LogP contribution in [0.1, 0.15) is 70.4 Å². The highest BCUT2D eigenvalue weighted by atomic mass is 19.2. The molecule has 0 amide bonds. The number of aliphatic hydroxyl groups is 1. The summed E-state index contributed by atoms with van der Waals surface area (Å²) >= 11 is 0. The van der Waals surface area contributed by atoms with E-state index in [1.54, 1.807) is 32.1 Å². The number of aryl methyl sites for hydroxylation is 1. The molecule has 0 saturated heterocycles. The molecule has 34 heavy (non-hydrogen) atoms. The number of hydrogen-bond donors (Lipinski definition) is 1. The molecule has 0 heterocycles. The fourth-order valence-corrected chi connectivity index (χ4v) is 4.07. The highest BCUT2D eigenvalue weighted by molar-refractivity contribution is 5.67. The first-order valence-electron chi connectivity index (χ1n) is 12.0. The predicted octanol–water partition coefficient (Wildman–Crippen LogP) is 8.14. The summed E-state index contributed by atoms with van der Waals surface area (Å²) in [5.41, 5.74) is 1.38. The standard InChI is InChI=1S/C28H36F4O2/c1-6-34-20(5)26(30)25(29)19(4)18(3)9-7-17(2)8-10-22-13-16-24(28(32)27(22)31)21-11-14-23(33)15-12-21/h11,13,16-18,23,33H,4-10,12,14-15H2,1-3H3/b26-25-. The number of ether oxygens (including phenoxy) is 1. The van der Waals surface area contributed by atoms with Crippen molar-refractivity contribution in [3.63, 3.8) is 0 Å². The molecule has 1 aliphatic rings. The second-order valence-corrected chi connectivity index (χ2v) is 9.19. The molecular formula is C28H36F4O2. The van der Waals surface area contributed by atoms with Crippen molar-refractivity contribution in [3.05, 3.63) is 77.1 Å². The number of aliphatic hydroxyl groups excluding tert-OH is 1. The average Bonchev–Trinajstić information content (AvgIpc) is 2.82. The third kappa shape index (κ3) is 7.33. The first-order chi connectivity index (χ1) is 16.1. The summed E-state index contributed by atoms with van der Waals surface area (Å²) in [6, 6.07) is 3.25. The quantitative estimate of drug-likeness (QED) is 0.186. The minimum Gasteiger partial charge on any atom is -0.491 e. The largest absolute Gasteiger partial charge is 0.491 e. The van der Waals surface area contributed by atoms with Gasteiger partial charge in [-0.1, -0.05) is 51.6 Å². The lowest BCUT2D eigenvalue weighted by Crippen LogP contribution is -2.11. The van der Waals surface area contributed by atoms with Crippen molar-refractivity contribution in [3.8, 4) is 0 Å². The molecule has 1 N–H and O–H groups in total. The zero-order chi connectivity index (χ0) is 25.4. The van der Waals surface area contributed by atoms with Crippen LogP contribution in [0.4, 0.5) is 17.6 Å². The van der Waals surface area contributed by atoms with E-state index < -0.39 is 29.4 Å². The molecule has 6 heteroatoms. The Morgan fingerprint density at radius 2 is 1.79 bits per heavy atom. The molecular weight excluding hydrogens is 444 g/mol. The molecule has 1 aromatic rings. The Hall–Kier alpha value is -2.34. The Kier molecular flexibility index (Phi) is 10.6. The molecule has 1 aliphatic carbocycles. The molecule has 188 valence electrons. The molecule has 0 spiro atoms. The predicted molar refractivity (Wildman–Crippen MR) is 129 cm³/mol. The Morgan fingerprint density at radius 3 is 2.41 bits per heavy atom. The van der Waals surface area contributed by atoms with Gasteiger partial charge in [-0.2, -0.15) is 4.39 Å². The Labute approximate surface area is 200 Å². The van der Waals surface area contributed by atoms with Gasteiger partial charge in [0.15, 0.2) is 29.0 Å². The molecule has 0 aliphatic heterocycles. The van der Waals surface area contributed by atoms with E-state index in [1.807, 2.05) is 6.92 Å². The van der Waals surface area contributed by atoms with Crippen LogP contribution in [0.5, 0.6) is 0 Å². The average molecular weight is 481 g/mol. The van der Waals surface area contributed by atoms with Gasteiger partial charge in [0.2, 0.25) is 0 Å². The molecule has 3 atom stereocenters. The third-order valence-electron chi connectivity index (χ3n) is 6.52. The van der Waals surface area contributed by atoms with Gasteiger partial charge in [0.05, 0.1) is 12.7 Å². The van der Waals surface area contributed by atoms with Gasteiger partial charge < -0.3 is 9.84 Å². The van der Waals surface area contributed by atoms with Crippen LogP contribution < -0.4 is 0 Å². The van der Waals surface area contributed by atoms with Crippen LogP contribution in [0.3, 0.4) is 0 Å². The second kappa shape index (κ2) is 12.9. The molecule has 3 unspecified atom stereocenters. The van der Waals surface area contributed by atoms with Crippen LogP contribution in [-0.2, 0) is 11.2 Å². The maximum Gasteiger partial charge on any atom is 0.200 e. The fraction of sp³-hybridized carbons (Fsp3) is 0.500. The lowest BCUT2D eigenvalue weighted by atomic mass is 9.88. The summed E-state index contributed by atoms with van der Waals surface area (Å²) in [4.78, 5) is 0. The van der Waals surface area contributed by atoms with Crippen molar-refractivity contribution in [2.24, 2.45) is 11.8 Å². The lowest BCUT2D eigenvalue weighted by molar-refractivity contribution is 0.166. The second-order valence-electron chi connectivity index (χ2n) is 9.19. The van der Waals surface area contributed by atoms with Gasteiger partial charge in [0, 0.05) is 5.56 Å². The Morgan fingerprint density at radius 1 is 1.09 bits per heavy atom. The SMILES string of the molecule is C=C(OCC)/C(F)=C(/F)C(=C)C(C)CCC(C)CCc1ccc(C2=CCC(O)CC2)c(F)c1F. The normalized spacial score (nSPS) is 18.6. The molecule has 0 fully saturated rings. The van der Waals surface area contributed by atoms with Gasteiger partial charge in [-0.15, -0.1) is 0 Å². The van der Waals surface area contributed by atoms with Crippen LogP contribution >= 0.6 is 0 Å². The topological polar surface area (TPSA) is 29.5 Å². The lowest BCUT2D eigenvalue weighted by Gasteiger charge is -2.19. The van der Waals surface area contributed by atoms with Gasteiger partial charge in [-0.05, 0) is 74.0 Å². The first kappa shape index (κ1) is 27.9. The van der Waals surface area contributed by atoms with Crippen LogP contribution in [0.2, 0.25) is 0 Å². The van der Waals surface area contributed by atoms with Crippen molar-refractivity contribution in [2.75, 3.05) is 6.61 Å². The van der Waals surface area contributed by atoms with Crippen LogP contribution in [0.25, 0.3) is 5.57 Å². The summed E-state index contributed by atoms with van der Waals surface area (Å²) in [6.07, 6.45) is 5.19. The van der Waals surface area contributed by atoms with E-state index in [0.717, 1.165) is 5.57 Å². The summed E-state index contributed by atoms with van der Waals surface area (Å²) in [5.74, 6) is -4.30. The van der Waals surface area contributed by atoms with E-state index >= 15 is 0 Å². The van der Waals surface area contributed by atoms with Gasteiger partial charge in [-0.3, -0.25) is 0 Å². The minimum absolute atomic E-state index is 0.0544. The first-order valence-corrected chi connectivity index (χ1v) is 12.0. The summed E-state index contributed by atoms with van der Waals surface area (Å²) in [5, 5.41) is 9.60. The van der Waals surface area contributed by atoms with Crippen LogP contribution in [0, 0.1) is 23.5 Å². The number of rotatable bonds is 12. The summed E-state index contributed by atoms with van der Waals surface area (Å²) in [6.45, 7) is 12.7. The highest BCUT2D eigenvalue weighted by Crippen LogP contribution is 2.32. The van der Waals surface area contributed by atoms with Crippen molar-refractivity contribution in [2.45, 2.75) is 71.8 Å². The Bertz CT molecular complexity index is 948. The smallest absolute Gasteiger partial charge is 0.200 e. The van der Waals surface area contributed by atoms with Gasteiger partial charge in [0.25, 0.3) is 0 Å². The molecule has 2 nitrogen and oxygen atoms in total. The minimum atomic E-state index is -1.13. The molecule has 0 radical (unpaired) electrons.